The summed E-state index contributed by atoms with van der Waals surface area (Å²) >= 11 is 3.53. The van der Waals surface area contributed by atoms with Crippen molar-refractivity contribution in [2.45, 2.75) is 55.3 Å². The highest BCUT2D eigenvalue weighted by atomic mass is 79.9. The van der Waals surface area contributed by atoms with Crippen LogP contribution in [0.2, 0.25) is 0 Å². The van der Waals surface area contributed by atoms with Gasteiger partial charge in [-0.3, -0.25) is 9.59 Å². The molecule has 4 heteroatoms. The van der Waals surface area contributed by atoms with Crippen molar-refractivity contribution in [3.63, 3.8) is 0 Å². The predicted molar refractivity (Wildman–Crippen MR) is 72.5 cm³/mol. The quantitative estimate of drug-likeness (QED) is 0.424. The lowest BCUT2D eigenvalue weighted by atomic mass is 9.67. The molecule has 1 aliphatic heterocycles. The van der Waals surface area contributed by atoms with Crippen LogP contribution in [0.4, 0.5) is 0 Å². The number of ketones is 1. The molecule has 1 amide bonds. The van der Waals surface area contributed by atoms with Gasteiger partial charge in [-0.2, -0.15) is 0 Å². The molecule has 3 aliphatic rings. The Morgan fingerprint density at radius 1 is 1.17 bits per heavy atom. The second-order valence-corrected chi connectivity index (χ2v) is 6.99. The maximum absolute atomic E-state index is 12.8. The minimum Gasteiger partial charge on any atom is -0.339 e. The van der Waals surface area contributed by atoms with Gasteiger partial charge in [0.1, 0.15) is 11.0 Å². The lowest BCUT2D eigenvalue weighted by molar-refractivity contribution is -0.138. The van der Waals surface area contributed by atoms with Crippen LogP contribution in [0.25, 0.3) is 0 Å². The molecule has 3 nitrogen and oxygen atoms in total. The van der Waals surface area contributed by atoms with E-state index in [0.29, 0.717) is 4.83 Å². The van der Waals surface area contributed by atoms with Gasteiger partial charge in [-0.25, -0.2) is 0 Å². The summed E-state index contributed by atoms with van der Waals surface area (Å²) < 4.78 is 0. The first kappa shape index (κ1) is 12.4. The second-order valence-electron chi connectivity index (χ2n) is 5.81. The van der Waals surface area contributed by atoms with E-state index in [-0.39, 0.29) is 11.7 Å². The van der Waals surface area contributed by atoms with Crippen LogP contribution in [-0.4, -0.2) is 22.1 Å². The fourth-order valence-corrected chi connectivity index (χ4v) is 4.01. The second kappa shape index (κ2) is 4.19. The first-order valence-corrected chi connectivity index (χ1v) is 7.72. The third-order valence-corrected chi connectivity index (χ3v) is 5.49. The SMILES string of the molecule is O=C1N[C@]2(C=C[C@@H](Br)CC2)C(=O)C12CCCCC2. The Balaban J connectivity index is 1.95. The van der Waals surface area contributed by atoms with Crippen LogP contribution in [0, 0.1) is 5.41 Å². The van der Waals surface area contributed by atoms with Gasteiger partial charge in [-0.05, 0) is 25.7 Å². The van der Waals surface area contributed by atoms with Crippen molar-refractivity contribution in [3.8, 4) is 0 Å². The zero-order valence-electron chi connectivity index (χ0n) is 10.4. The van der Waals surface area contributed by atoms with Crippen molar-refractivity contribution in [2.24, 2.45) is 5.41 Å². The molecule has 2 fully saturated rings. The Morgan fingerprint density at radius 3 is 2.50 bits per heavy atom. The average molecular weight is 312 g/mol. The molecule has 0 aromatic carbocycles. The number of Topliss-reactive ketones (excluding diaryl/α,β-unsaturated/α-hetero) is 1. The van der Waals surface area contributed by atoms with Crippen molar-refractivity contribution in [1.29, 1.82) is 0 Å². The van der Waals surface area contributed by atoms with Crippen LogP contribution in [0.1, 0.15) is 44.9 Å². The minimum absolute atomic E-state index is 0.0233. The Labute approximate surface area is 116 Å². The molecular weight excluding hydrogens is 294 g/mol. The van der Waals surface area contributed by atoms with E-state index in [9.17, 15) is 9.59 Å². The summed E-state index contributed by atoms with van der Waals surface area (Å²) in [5, 5.41) is 3.00. The monoisotopic (exact) mass is 311 g/mol. The van der Waals surface area contributed by atoms with Gasteiger partial charge < -0.3 is 5.32 Å². The van der Waals surface area contributed by atoms with Crippen LogP contribution in [0.15, 0.2) is 12.2 Å². The van der Waals surface area contributed by atoms with Gasteiger partial charge in [0.2, 0.25) is 5.91 Å². The number of hydrogen-bond acceptors (Lipinski definition) is 2. The van der Waals surface area contributed by atoms with Gasteiger partial charge in [0, 0.05) is 4.83 Å². The predicted octanol–water partition coefficient (Wildman–Crippen LogP) is 2.49. The largest absolute Gasteiger partial charge is 0.339 e. The molecule has 3 rings (SSSR count). The molecule has 1 saturated carbocycles. The highest BCUT2D eigenvalue weighted by Crippen LogP contribution is 2.47. The maximum Gasteiger partial charge on any atom is 0.234 e. The smallest absolute Gasteiger partial charge is 0.234 e. The Hall–Kier alpha value is -0.640. The molecule has 2 atom stereocenters. The lowest BCUT2D eigenvalue weighted by Crippen LogP contribution is -2.47. The van der Waals surface area contributed by atoms with Gasteiger partial charge in [-0.1, -0.05) is 47.3 Å². The minimum atomic E-state index is -0.707. The van der Waals surface area contributed by atoms with E-state index in [1.807, 2.05) is 12.2 Å². The first-order valence-electron chi connectivity index (χ1n) is 6.80. The summed E-state index contributed by atoms with van der Waals surface area (Å²) in [6.45, 7) is 0. The van der Waals surface area contributed by atoms with E-state index in [1.165, 1.54) is 0 Å². The van der Waals surface area contributed by atoms with Crippen molar-refractivity contribution in [1.82, 2.24) is 5.32 Å². The molecule has 1 saturated heterocycles. The zero-order valence-corrected chi connectivity index (χ0v) is 12.0. The fourth-order valence-electron chi connectivity index (χ4n) is 3.63. The number of halogens is 1. The molecule has 0 radical (unpaired) electrons. The standard InChI is InChI=1S/C14H18BrNO2/c15-10-4-8-14(9-5-10)11(17)13(12(18)16-14)6-2-1-3-7-13/h4,8,10H,1-3,5-7,9H2,(H,16,18)/t10-,14+/m1/s1. The molecule has 2 aliphatic carbocycles. The van der Waals surface area contributed by atoms with E-state index in [1.54, 1.807) is 0 Å². The van der Waals surface area contributed by atoms with Gasteiger partial charge in [-0.15, -0.1) is 0 Å². The topological polar surface area (TPSA) is 46.2 Å². The fraction of sp³-hybridized carbons (Fsp3) is 0.714. The number of amides is 1. The average Bonchev–Trinajstić information content (AvgIpc) is 2.58. The Bertz CT molecular complexity index is 426. The van der Waals surface area contributed by atoms with Gasteiger partial charge in [0.05, 0.1) is 0 Å². The zero-order chi connectivity index (χ0) is 12.8. The number of allylic oxidation sites excluding steroid dienone is 1. The molecule has 0 bridgehead atoms. The van der Waals surface area contributed by atoms with Crippen LogP contribution in [-0.2, 0) is 9.59 Å². The third kappa shape index (κ3) is 1.61. The highest BCUT2D eigenvalue weighted by Gasteiger charge is 2.61. The van der Waals surface area contributed by atoms with Gasteiger partial charge in [0.15, 0.2) is 5.78 Å². The summed E-state index contributed by atoms with van der Waals surface area (Å²) in [6.07, 6.45) is 10.2. The molecule has 98 valence electrons. The Morgan fingerprint density at radius 2 is 1.89 bits per heavy atom. The first-order chi connectivity index (χ1) is 8.59. The molecule has 1 heterocycles. The van der Waals surface area contributed by atoms with Crippen LogP contribution >= 0.6 is 15.9 Å². The Kier molecular flexibility index (Phi) is 2.88. The van der Waals surface area contributed by atoms with Crippen molar-refractivity contribution < 1.29 is 9.59 Å². The van der Waals surface area contributed by atoms with Crippen LogP contribution in [0.5, 0.6) is 0 Å². The van der Waals surface area contributed by atoms with Crippen molar-refractivity contribution in [3.05, 3.63) is 12.2 Å². The van der Waals surface area contributed by atoms with Crippen LogP contribution < -0.4 is 5.32 Å². The summed E-state index contributed by atoms with van der Waals surface area (Å²) in [4.78, 5) is 25.5. The highest BCUT2D eigenvalue weighted by molar-refractivity contribution is 9.09. The number of nitrogens with one attached hydrogen (secondary N) is 1. The summed E-state index contributed by atoms with van der Waals surface area (Å²) in [6, 6.07) is 0. The molecule has 0 aromatic heterocycles. The van der Waals surface area contributed by atoms with E-state index < -0.39 is 11.0 Å². The number of alkyl halides is 1. The summed E-state index contributed by atoms with van der Waals surface area (Å²) in [5.41, 5.74) is -1.40. The normalized spacial score (nSPS) is 38.4. The van der Waals surface area contributed by atoms with E-state index in [4.69, 9.17) is 0 Å². The molecule has 0 aromatic rings. The van der Waals surface area contributed by atoms with E-state index in [2.05, 4.69) is 21.2 Å². The molecule has 0 unspecified atom stereocenters. The number of rotatable bonds is 0. The third-order valence-electron chi connectivity index (χ3n) is 4.72. The van der Waals surface area contributed by atoms with E-state index >= 15 is 0 Å². The number of hydrogen-bond donors (Lipinski definition) is 1. The number of carbonyl (C=O) groups is 2. The summed E-state index contributed by atoms with van der Waals surface area (Å²) in [7, 11) is 0. The lowest BCUT2D eigenvalue weighted by Gasteiger charge is -2.32. The van der Waals surface area contributed by atoms with E-state index in [0.717, 1.165) is 44.9 Å². The van der Waals surface area contributed by atoms with Crippen molar-refractivity contribution >= 4 is 27.6 Å². The molecule has 18 heavy (non-hydrogen) atoms. The molecule has 1 N–H and O–H groups in total. The van der Waals surface area contributed by atoms with Crippen molar-refractivity contribution in [2.75, 3.05) is 0 Å². The maximum atomic E-state index is 12.8. The molecular formula is C14H18BrNO2. The van der Waals surface area contributed by atoms with Gasteiger partial charge in [0.25, 0.3) is 0 Å². The summed E-state index contributed by atoms with van der Waals surface area (Å²) in [5.74, 6) is 0.111. The van der Waals surface area contributed by atoms with Gasteiger partial charge >= 0.3 is 0 Å². The molecule has 2 spiro atoms. The number of carbonyl (C=O) groups excluding carboxylic acids is 2. The van der Waals surface area contributed by atoms with Crippen LogP contribution in [0.3, 0.4) is 0 Å².